The maximum absolute atomic E-state index is 15.4. The molecule has 0 bridgehead atoms. The minimum Gasteiger partial charge on any atom is -0.493 e. The topological polar surface area (TPSA) is 160 Å². The summed E-state index contributed by atoms with van der Waals surface area (Å²) in [5.74, 6) is -3.02. The van der Waals surface area contributed by atoms with E-state index in [4.69, 9.17) is 20.6 Å². The molecule has 0 spiro atoms. The second kappa shape index (κ2) is 11.4. The number of para-hydroxylation sites is 2. The summed E-state index contributed by atoms with van der Waals surface area (Å²) in [5, 5.41) is 16.6. The number of hydrogen-bond acceptors (Lipinski definition) is 7. The maximum atomic E-state index is 15.4. The van der Waals surface area contributed by atoms with Gasteiger partial charge in [-0.2, -0.15) is 17.9 Å². The molecule has 0 aliphatic carbocycles. The van der Waals surface area contributed by atoms with Gasteiger partial charge >= 0.3 is 17.8 Å². The first-order valence-corrected chi connectivity index (χ1v) is 11.7. The fraction of sp³-hybridized carbons (Fsp3) is 0.154. The van der Waals surface area contributed by atoms with Gasteiger partial charge in [-0.05, 0) is 42.5 Å². The van der Waals surface area contributed by atoms with Gasteiger partial charge in [0.05, 0.1) is 25.6 Å². The number of nitrogens with one attached hydrogen (secondary N) is 4. The third kappa shape index (κ3) is 6.13. The lowest BCUT2D eigenvalue weighted by Gasteiger charge is -2.20. The first-order chi connectivity index (χ1) is 19.4. The number of benzene rings is 3. The molecule has 0 saturated carbocycles. The van der Waals surface area contributed by atoms with Gasteiger partial charge in [-0.15, -0.1) is 5.10 Å². The monoisotopic (exact) mass is 573 g/mol. The summed E-state index contributed by atoms with van der Waals surface area (Å²) in [6, 6.07) is 12.7. The molecule has 6 N–H and O–H groups in total. The Morgan fingerprint density at radius 1 is 1.07 bits per heavy atom. The van der Waals surface area contributed by atoms with Gasteiger partial charge in [-0.1, -0.05) is 12.1 Å². The van der Waals surface area contributed by atoms with Crippen LogP contribution in [0, 0.1) is 11.2 Å². The van der Waals surface area contributed by atoms with Gasteiger partial charge in [-0.3, -0.25) is 15.2 Å². The predicted octanol–water partition coefficient (Wildman–Crippen LogP) is 3.70. The highest BCUT2D eigenvalue weighted by Crippen LogP contribution is 2.35. The van der Waals surface area contributed by atoms with Crippen LogP contribution in [0.2, 0.25) is 0 Å². The number of rotatable bonds is 9. The first-order valence-electron chi connectivity index (χ1n) is 11.7. The van der Waals surface area contributed by atoms with Crippen LogP contribution in [0.3, 0.4) is 0 Å². The minimum absolute atomic E-state index is 0.0298. The van der Waals surface area contributed by atoms with Crippen molar-refractivity contribution in [3.63, 3.8) is 0 Å². The molecule has 15 heteroatoms. The average molecular weight is 574 g/mol. The molecule has 1 atom stereocenters. The number of methoxy groups -OCH3 is 2. The summed E-state index contributed by atoms with van der Waals surface area (Å²) < 4.78 is 65.3. The summed E-state index contributed by atoms with van der Waals surface area (Å²) in [4.78, 5) is 27.1. The fourth-order valence-corrected chi connectivity index (χ4v) is 3.89. The van der Waals surface area contributed by atoms with Crippen molar-refractivity contribution in [1.29, 1.82) is 5.41 Å². The molecule has 214 valence electrons. The normalized spacial score (nSPS) is 12.0. The van der Waals surface area contributed by atoms with Crippen LogP contribution in [0.4, 0.5) is 28.9 Å². The molecule has 0 aliphatic rings. The van der Waals surface area contributed by atoms with Crippen LogP contribution >= 0.6 is 0 Å². The largest absolute Gasteiger partial charge is 0.493 e. The van der Waals surface area contributed by atoms with Gasteiger partial charge < -0.3 is 25.8 Å². The van der Waals surface area contributed by atoms with Crippen molar-refractivity contribution in [1.82, 2.24) is 14.8 Å². The van der Waals surface area contributed by atoms with Crippen molar-refractivity contribution in [3.05, 3.63) is 93.9 Å². The van der Waals surface area contributed by atoms with E-state index < -0.39 is 29.6 Å². The summed E-state index contributed by atoms with van der Waals surface area (Å²) in [7, 11) is 2.68. The van der Waals surface area contributed by atoms with Gasteiger partial charge in [0.2, 0.25) is 0 Å². The second-order valence-electron chi connectivity index (χ2n) is 8.49. The van der Waals surface area contributed by atoms with Crippen LogP contribution in [-0.4, -0.2) is 46.9 Å². The molecule has 0 saturated heterocycles. The average Bonchev–Trinajstić information content (AvgIpc) is 3.32. The first kappa shape index (κ1) is 28.7. The summed E-state index contributed by atoms with van der Waals surface area (Å²) >= 11 is 0. The zero-order valence-electron chi connectivity index (χ0n) is 21.5. The van der Waals surface area contributed by atoms with E-state index in [2.05, 4.69) is 15.4 Å². The number of carbonyl (C=O) groups is 1. The highest BCUT2D eigenvalue weighted by atomic mass is 19.4. The lowest BCUT2D eigenvalue weighted by Crippen LogP contribution is -2.30. The molecular formula is C26H23F4N7O4. The van der Waals surface area contributed by atoms with Gasteiger partial charge in [0.25, 0.3) is 0 Å². The number of H-pyrrole nitrogens is 1. The molecular weight excluding hydrogens is 550 g/mol. The van der Waals surface area contributed by atoms with Gasteiger partial charge in [0, 0.05) is 22.9 Å². The van der Waals surface area contributed by atoms with Crippen LogP contribution in [0.5, 0.6) is 11.5 Å². The highest BCUT2D eigenvalue weighted by molar-refractivity contribution is 5.96. The van der Waals surface area contributed by atoms with Crippen LogP contribution in [-0.2, 0) is 4.79 Å². The Bertz CT molecular complexity index is 1650. The van der Waals surface area contributed by atoms with Gasteiger partial charge in [0.1, 0.15) is 17.7 Å². The molecule has 4 rings (SSSR count). The van der Waals surface area contributed by atoms with Crippen LogP contribution in [0.1, 0.15) is 23.0 Å². The molecule has 1 amide bonds. The lowest BCUT2D eigenvalue weighted by atomic mass is 10.0. The van der Waals surface area contributed by atoms with Crippen molar-refractivity contribution in [2.24, 2.45) is 5.73 Å². The summed E-state index contributed by atoms with van der Waals surface area (Å²) in [6.45, 7) is 0. The Kier molecular flexibility index (Phi) is 7.98. The van der Waals surface area contributed by atoms with E-state index in [9.17, 15) is 22.8 Å². The fourth-order valence-electron chi connectivity index (χ4n) is 3.89. The number of alkyl halides is 3. The zero-order chi connectivity index (χ0) is 29.9. The molecule has 4 aromatic rings. The van der Waals surface area contributed by atoms with Crippen molar-refractivity contribution < 1.29 is 31.8 Å². The number of nitrogens with two attached hydrogens (primary N) is 1. The number of aromatic nitrogens is 3. The van der Waals surface area contributed by atoms with Crippen molar-refractivity contribution in [3.8, 4) is 17.2 Å². The molecule has 0 fully saturated rings. The van der Waals surface area contributed by atoms with E-state index in [1.807, 2.05) is 0 Å². The second-order valence-corrected chi connectivity index (χ2v) is 8.49. The molecule has 0 radical (unpaired) electrons. The number of ether oxygens (including phenoxy) is 2. The predicted molar refractivity (Wildman–Crippen MR) is 141 cm³/mol. The zero-order valence-corrected chi connectivity index (χ0v) is 21.5. The smallest absolute Gasteiger partial charge is 0.471 e. The van der Waals surface area contributed by atoms with Crippen LogP contribution in [0.25, 0.3) is 5.69 Å². The molecule has 41 heavy (non-hydrogen) atoms. The Balaban J connectivity index is 1.83. The molecule has 0 aliphatic heterocycles. The molecule has 1 aromatic heterocycles. The Morgan fingerprint density at radius 3 is 2.32 bits per heavy atom. The number of halogens is 4. The number of nitrogens with zero attached hydrogens (tertiary/aromatic N) is 2. The number of carbonyl (C=O) groups excluding carboxylic acids is 1. The molecule has 11 nitrogen and oxygen atoms in total. The number of amidine groups is 1. The molecule has 1 heterocycles. The Morgan fingerprint density at radius 2 is 1.71 bits per heavy atom. The molecule has 1 unspecified atom stereocenters. The van der Waals surface area contributed by atoms with Crippen molar-refractivity contribution in [2.45, 2.75) is 12.2 Å². The van der Waals surface area contributed by atoms with E-state index >= 15 is 4.39 Å². The van der Waals surface area contributed by atoms with Crippen molar-refractivity contribution >= 4 is 23.1 Å². The Labute approximate surface area is 229 Å². The number of aromatic amines is 1. The number of nitrogen functional groups attached to an aromatic ring is 1. The third-order valence-electron chi connectivity index (χ3n) is 5.87. The highest BCUT2D eigenvalue weighted by Gasteiger charge is 2.39. The van der Waals surface area contributed by atoms with Gasteiger partial charge in [-0.25, -0.2) is 9.18 Å². The summed E-state index contributed by atoms with van der Waals surface area (Å²) in [5.41, 5.74) is 4.94. The maximum Gasteiger partial charge on any atom is 0.471 e. The van der Waals surface area contributed by atoms with Gasteiger partial charge in [0.15, 0.2) is 17.3 Å². The van der Waals surface area contributed by atoms with Crippen molar-refractivity contribution in [2.75, 3.05) is 24.9 Å². The minimum atomic E-state index is -5.17. The van der Waals surface area contributed by atoms with Crippen LogP contribution in [0.15, 0.2) is 65.5 Å². The summed E-state index contributed by atoms with van der Waals surface area (Å²) in [6.07, 6.45) is -5.17. The van der Waals surface area contributed by atoms with E-state index in [0.29, 0.717) is 11.3 Å². The quantitative estimate of drug-likeness (QED) is 0.116. The number of anilines is 2. The third-order valence-corrected chi connectivity index (χ3v) is 5.87. The lowest BCUT2D eigenvalue weighted by molar-refractivity contribution is -0.167. The standard InChI is InChI=1S/C26H23F4N7O4/c1-40-19-11-15(16(27)12-20(19)41-2)21(33-14-9-7-13(8-10-14)22(31)32)23-35-25(39)37(36-23)18-6-4-3-5-17(18)34-24(38)26(28,29)30/h3-12,21,33H,1-2H3,(H3,31,32)(H,34,38)(H,35,36,39). The van der Waals surface area contributed by atoms with E-state index in [1.165, 1.54) is 44.6 Å². The Hall–Kier alpha value is -5.34. The van der Waals surface area contributed by atoms with E-state index in [1.54, 1.807) is 29.6 Å². The van der Waals surface area contributed by atoms with E-state index in [0.717, 1.165) is 10.7 Å². The number of hydrogen-bond donors (Lipinski definition) is 5. The SMILES string of the molecule is COc1cc(F)c(C(Nc2ccc(C(=N)N)cc2)c2nn(-c3ccccc3NC(=O)C(F)(F)F)c(=O)[nH]2)cc1OC. The molecule has 3 aromatic carbocycles. The number of amides is 1. The van der Waals surface area contributed by atoms with Crippen LogP contribution < -0.4 is 31.5 Å². The van der Waals surface area contributed by atoms with E-state index in [-0.39, 0.29) is 40.1 Å².